The van der Waals surface area contributed by atoms with Crippen molar-refractivity contribution in [3.8, 4) is 23.0 Å². The Labute approximate surface area is 80.2 Å². The summed E-state index contributed by atoms with van der Waals surface area (Å²) in [5.74, 6) is -2.21. The molecule has 0 bridgehead atoms. The van der Waals surface area contributed by atoms with E-state index < -0.39 is 23.0 Å². The minimum absolute atomic E-state index is 0.150. The highest BCUT2D eigenvalue weighted by atomic mass is 16.5. The third kappa shape index (κ3) is 1.44. The van der Waals surface area contributed by atoms with Crippen molar-refractivity contribution in [2.45, 2.75) is 6.92 Å². The van der Waals surface area contributed by atoms with Crippen molar-refractivity contribution >= 4 is 5.78 Å². The first-order chi connectivity index (χ1) is 6.49. The van der Waals surface area contributed by atoms with Gasteiger partial charge in [0.2, 0.25) is 5.75 Å². The minimum Gasteiger partial charge on any atom is -0.507 e. The van der Waals surface area contributed by atoms with Crippen LogP contribution >= 0.6 is 0 Å². The highest BCUT2D eigenvalue weighted by Crippen LogP contribution is 2.43. The van der Waals surface area contributed by atoms with Gasteiger partial charge in [-0.1, -0.05) is 0 Å². The molecule has 76 valence electrons. The molecule has 0 aliphatic rings. The predicted molar refractivity (Wildman–Crippen MR) is 48.0 cm³/mol. The molecule has 0 heterocycles. The molecule has 0 amide bonds. The summed E-state index contributed by atoms with van der Waals surface area (Å²) in [6.45, 7) is 1.22. The molecule has 0 unspecified atom stereocenters. The molecular formula is C9H10O5. The minimum atomic E-state index is -0.560. The average Bonchev–Trinajstić information content (AvgIpc) is 2.09. The van der Waals surface area contributed by atoms with E-state index in [9.17, 15) is 15.0 Å². The number of benzene rings is 1. The number of hydrogen-bond acceptors (Lipinski definition) is 5. The van der Waals surface area contributed by atoms with Crippen LogP contribution in [0.1, 0.15) is 17.3 Å². The van der Waals surface area contributed by atoms with Crippen LogP contribution in [0.2, 0.25) is 0 Å². The van der Waals surface area contributed by atoms with Gasteiger partial charge >= 0.3 is 0 Å². The summed E-state index contributed by atoms with van der Waals surface area (Å²) in [5.41, 5.74) is -0.150. The van der Waals surface area contributed by atoms with Crippen molar-refractivity contribution in [2.24, 2.45) is 0 Å². The Bertz CT molecular complexity index is 383. The number of rotatable bonds is 2. The monoisotopic (exact) mass is 198 g/mol. The third-order valence-electron chi connectivity index (χ3n) is 1.77. The molecule has 0 aromatic heterocycles. The lowest BCUT2D eigenvalue weighted by Gasteiger charge is -2.10. The summed E-state index contributed by atoms with van der Waals surface area (Å²) in [5, 5.41) is 27.8. The Morgan fingerprint density at radius 1 is 1.29 bits per heavy atom. The van der Waals surface area contributed by atoms with Crippen LogP contribution in [0.4, 0.5) is 0 Å². The maximum Gasteiger partial charge on any atom is 0.201 e. The van der Waals surface area contributed by atoms with Gasteiger partial charge in [-0.3, -0.25) is 4.79 Å². The number of ketones is 1. The van der Waals surface area contributed by atoms with Gasteiger partial charge in [-0.2, -0.15) is 0 Å². The standard InChI is InChI=1S/C9H10O5/c1-4(10)7-5(11)3-6(12)8(13)9(7)14-2/h3,11-13H,1-2H3. The zero-order valence-corrected chi connectivity index (χ0v) is 7.74. The molecule has 0 radical (unpaired) electrons. The Kier molecular flexibility index (Phi) is 2.51. The zero-order valence-electron chi connectivity index (χ0n) is 7.74. The summed E-state index contributed by atoms with van der Waals surface area (Å²) < 4.78 is 4.71. The number of carbonyl (C=O) groups excluding carboxylic acids is 1. The number of hydrogen-bond donors (Lipinski definition) is 3. The molecule has 0 saturated carbocycles. The quantitative estimate of drug-likeness (QED) is 0.375. The van der Waals surface area contributed by atoms with E-state index in [4.69, 9.17) is 9.84 Å². The molecule has 0 aliphatic carbocycles. The molecule has 0 atom stereocenters. The van der Waals surface area contributed by atoms with Gasteiger partial charge in [0.25, 0.3) is 0 Å². The molecule has 5 heteroatoms. The van der Waals surface area contributed by atoms with Gasteiger partial charge in [0, 0.05) is 6.07 Å². The van der Waals surface area contributed by atoms with Crippen molar-refractivity contribution < 1.29 is 24.9 Å². The van der Waals surface area contributed by atoms with Crippen molar-refractivity contribution in [3.05, 3.63) is 11.6 Å². The van der Waals surface area contributed by atoms with Crippen LogP contribution < -0.4 is 4.74 Å². The predicted octanol–water partition coefficient (Wildman–Crippen LogP) is 1.01. The van der Waals surface area contributed by atoms with Crippen molar-refractivity contribution in [3.63, 3.8) is 0 Å². The van der Waals surface area contributed by atoms with Gasteiger partial charge in [0.05, 0.1) is 7.11 Å². The first-order valence-electron chi connectivity index (χ1n) is 3.81. The largest absolute Gasteiger partial charge is 0.507 e. The van der Waals surface area contributed by atoms with E-state index in [1.165, 1.54) is 14.0 Å². The van der Waals surface area contributed by atoms with Gasteiger partial charge in [-0.25, -0.2) is 0 Å². The molecule has 1 aromatic rings. The highest BCUT2D eigenvalue weighted by molar-refractivity contribution is 6.00. The number of phenols is 3. The fraction of sp³-hybridized carbons (Fsp3) is 0.222. The Morgan fingerprint density at radius 3 is 2.29 bits per heavy atom. The van der Waals surface area contributed by atoms with Crippen molar-refractivity contribution in [1.82, 2.24) is 0 Å². The number of ether oxygens (including phenoxy) is 1. The van der Waals surface area contributed by atoms with Crippen LogP contribution in [-0.4, -0.2) is 28.2 Å². The SMILES string of the molecule is COc1c(O)c(O)cc(O)c1C(C)=O. The zero-order chi connectivity index (χ0) is 10.9. The lowest BCUT2D eigenvalue weighted by atomic mass is 10.1. The number of Topliss-reactive ketones (excluding diaryl/α,β-unsaturated/α-hetero) is 1. The Balaban J connectivity index is 3.55. The lowest BCUT2D eigenvalue weighted by Crippen LogP contribution is -1.98. The third-order valence-corrected chi connectivity index (χ3v) is 1.77. The number of phenolic OH excluding ortho intramolecular Hbond substituents is 3. The van der Waals surface area contributed by atoms with Gasteiger partial charge < -0.3 is 20.1 Å². The van der Waals surface area contributed by atoms with Gasteiger partial charge in [0.1, 0.15) is 11.3 Å². The van der Waals surface area contributed by atoms with E-state index in [-0.39, 0.29) is 11.3 Å². The molecule has 14 heavy (non-hydrogen) atoms. The molecule has 3 N–H and O–H groups in total. The van der Waals surface area contributed by atoms with Crippen LogP contribution in [0.5, 0.6) is 23.0 Å². The second-order valence-electron chi connectivity index (χ2n) is 2.73. The number of methoxy groups -OCH3 is 1. The van der Waals surface area contributed by atoms with Crippen LogP contribution in [-0.2, 0) is 0 Å². The first kappa shape index (κ1) is 10.2. The maximum absolute atomic E-state index is 11.1. The Hall–Kier alpha value is -1.91. The maximum atomic E-state index is 11.1. The van der Waals surface area contributed by atoms with Crippen LogP contribution in [0.3, 0.4) is 0 Å². The second-order valence-corrected chi connectivity index (χ2v) is 2.73. The molecule has 0 saturated heterocycles. The van der Waals surface area contributed by atoms with Crippen molar-refractivity contribution in [1.29, 1.82) is 0 Å². The summed E-state index contributed by atoms with van der Waals surface area (Å²) in [7, 11) is 1.22. The second kappa shape index (κ2) is 3.45. The van der Waals surface area contributed by atoms with Crippen LogP contribution in [0, 0.1) is 0 Å². The van der Waals surface area contributed by atoms with Crippen LogP contribution in [0.15, 0.2) is 6.07 Å². The highest BCUT2D eigenvalue weighted by Gasteiger charge is 2.20. The molecule has 5 nitrogen and oxygen atoms in total. The van der Waals surface area contributed by atoms with Gasteiger partial charge in [-0.15, -0.1) is 0 Å². The molecule has 0 spiro atoms. The average molecular weight is 198 g/mol. The van der Waals surface area contributed by atoms with Gasteiger partial charge in [0.15, 0.2) is 17.3 Å². The lowest BCUT2D eigenvalue weighted by molar-refractivity contribution is 0.101. The summed E-state index contributed by atoms with van der Waals surface area (Å²) in [4.78, 5) is 11.1. The molecule has 1 rings (SSSR count). The van der Waals surface area contributed by atoms with E-state index in [0.717, 1.165) is 6.07 Å². The van der Waals surface area contributed by atoms with E-state index in [1.807, 2.05) is 0 Å². The fourth-order valence-corrected chi connectivity index (χ4v) is 1.16. The van der Waals surface area contributed by atoms with Gasteiger partial charge in [-0.05, 0) is 6.92 Å². The van der Waals surface area contributed by atoms with E-state index >= 15 is 0 Å². The molecular weight excluding hydrogens is 188 g/mol. The molecule has 0 aliphatic heterocycles. The van der Waals surface area contributed by atoms with Crippen LogP contribution in [0.25, 0.3) is 0 Å². The summed E-state index contributed by atoms with van der Waals surface area (Å²) in [6, 6.07) is 0.884. The first-order valence-corrected chi connectivity index (χ1v) is 3.81. The smallest absolute Gasteiger partial charge is 0.201 e. The topological polar surface area (TPSA) is 87.0 Å². The Morgan fingerprint density at radius 2 is 1.86 bits per heavy atom. The van der Waals surface area contributed by atoms with Crippen molar-refractivity contribution in [2.75, 3.05) is 7.11 Å². The molecule has 0 fully saturated rings. The fourth-order valence-electron chi connectivity index (χ4n) is 1.16. The number of aromatic hydroxyl groups is 3. The number of carbonyl (C=O) groups is 1. The van der Waals surface area contributed by atoms with E-state index in [2.05, 4.69) is 0 Å². The van der Waals surface area contributed by atoms with E-state index in [1.54, 1.807) is 0 Å². The van der Waals surface area contributed by atoms with E-state index in [0.29, 0.717) is 0 Å². The normalized spacial score (nSPS) is 9.86. The summed E-state index contributed by atoms with van der Waals surface area (Å²) in [6.07, 6.45) is 0. The summed E-state index contributed by atoms with van der Waals surface area (Å²) >= 11 is 0. The molecule has 1 aromatic carbocycles.